The number of fused-ring (bicyclic) bond motifs is 1. The summed E-state index contributed by atoms with van der Waals surface area (Å²) in [5.74, 6) is -0.841. The number of ether oxygens (including phenoxy) is 1. The van der Waals surface area contributed by atoms with Crippen LogP contribution in [-0.2, 0) is 0 Å². The zero-order valence-electron chi connectivity index (χ0n) is 12.6. The van der Waals surface area contributed by atoms with Crippen molar-refractivity contribution in [1.29, 1.82) is 0 Å². The van der Waals surface area contributed by atoms with Crippen molar-refractivity contribution in [3.05, 3.63) is 34.2 Å². The van der Waals surface area contributed by atoms with Crippen molar-refractivity contribution in [2.45, 2.75) is 19.9 Å². The van der Waals surface area contributed by atoms with Crippen molar-refractivity contribution in [3.8, 4) is 5.75 Å². The van der Waals surface area contributed by atoms with Crippen LogP contribution >= 0.6 is 0 Å². The van der Waals surface area contributed by atoms with Crippen molar-refractivity contribution in [2.24, 2.45) is 5.92 Å². The Morgan fingerprint density at radius 2 is 2.14 bits per heavy atom. The molecule has 2 aromatic heterocycles. The highest BCUT2D eigenvalue weighted by Gasteiger charge is 2.22. The maximum Gasteiger partial charge on any atom is 0.341 e. The summed E-state index contributed by atoms with van der Waals surface area (Å²) in [5.41, 5.74) is -0.548. The molecule has 0 aliphatic rings. The van der Waals surface area contributed by atoms with Crippen molar-refractivity contribution in [1.82, 2.24) is 9.55 Å². The van der Waals surface area contributed by atoms with Crippen molar-refractivity contribution in [2.75, 3.05) is 13.7 Å². The molecule has 0 aliphatic heterocycles. The third-order valence-corrected chi connectivity index (χ3v) is 3.63. The molecule has 0 fully saturated rings. The number of rotatable bonds is 5. The number of aromatic carboxylic acids is 1. The predicted octanol–water partition coefficient (Wildman–Crippen LogP) is 1.29. The number of hydrogen-bond donors (Lipinski definition) is 2. The molecule has 0 radical (unpaired) electrons. The highest BCUT2D eigenvalue weighted by atomic mass is 16.5. The van der Waals surface area contributed by atoms with Gasteiger partial charge in [0, 0.05) is 12.3 Å². The average molecular weight is 306 g/mol. The van der Waals surface area contributed by atoms with Gasteiger partial charge in [-0.25, -0.2) is 9.78 Å². The van der Waals surface area contributed by atoms with Crippen LogP contribution in [0.5, 0.6) is 5.75 Å². The monoisotopic (exact) mass is 306 g/mol. The number of pyridine rings is 2. The molecule has 7 nitrogen and oxygen atoms in total. The van der Waals surface area contributed by atoms with Gasteiger partial charge in [-0.2, -0.15) is 0 Å². The van der Waals surface area contributed by atoms with Crippen LogP contribution in [0.2, 0.25) is 0 Å². The second-order valence-electron chi connectivity index (χ2n) is 5.32. The van der Waals surface area contributed by atoms with E-state index < -0.39 is 11.4 Å². The molecule has 0 aliphatic carbocycles. The van der Waals surface area contributed by atoms with Gasteiger partial charge < -0.3 is 19.5 Å². The van der Waals surface area contributed by atoms with E-state index >= 15 is 0 Å². The Morgan fingerprint density at radius 3 is 2.64 bits per heavy atom. The zero-order valence-corrected chi connectivity index (χ0v) is 12.6. The molecule has 2 N–H and O–H groups in total. The molecular formula is C15H18N2O5. The third kappa shape index (κ3) is 2.67. The number of aromatic nitrogens is 2. The molecule has 2 rings (SSSR count). The minimum Gasteiger partial charge on any atom is -0.495 e. The highest BCUT2D eigenvalue weighted by Crippen LogP contribution is 2.24. The first kappa shape index (κ1) is 16.0. The summed E-state index contributed by atoms with van der Waals surface area (Å²) in [6.07, 6.45) is 2.62. The molecule has 118 valence electrons. The number of carboxylic acid groups (broad SMARTS) is 1. The molecule has 0 aromatic carbocycles. The minimum absolute atomic E-state index is 0.0311. The lowest BCUT2D eigenvalue weighted by Crippen LogP contribution is -2.25. The Morgan fingerprint density at radius 1 is 1.45 bits per heavy atom. The number of carboxylic acids is 1. The van der Waals surface area contributed by atoms with Gasteiger partial charge in [0.05, 0.1) is 31.5 Å². The molecule has 1 atom stereocenters. The van der Waals surface area contributed by atoms with Gasteiger partial charge in [0.1, 0.15) is 16.8 Å². The second-order valence-corrected chi connectivity index (χ2v) is 5.32. The maximum atomic E-state index is 12.2. The van der Waals surface area contributed by atoms with Gasteiger partial charge in [0.25, 0.3) is 0 Å². The number of carbonyl (C=O) groups is 1. The van der Waals surface area contributed by atoms with Crippen molar-refractivity contribution >= 4 is 17.0 Å². The van der Waals surface area contributed by atoms with E-state index in [9.17, 15) is 19.8 Å². The lowest BCUT2D eigenvalue weighted by atomic mass is 10.0. The molecular weight excluding hydrogens is 288 g/mol. The van der Waals surface area contributed by atoms with Crippen LogP contribution in [0.1, 0.15) is 30.2 Å². The Hall–Kier alpha value is -2.41. The smallest absolute Gasteiger partial charge is 0.341 e. The fourth-order valence-electron chi connectivity index (χ4n) is 2.36. The average Bonchev–Trinajstić information content (AvgIpc) is 2.49. The lowest BCUT2D eigenvalue weighted by molar-refractivity contribution is 0.0694. The standard InChI is InChI=1S/C15H18N2O5/c1-8(2)12(7-18)17-6-10(15(20)21)14(19)13-11(17)4-9(22-3)5-16-13/h4-6,8,12,18H,7H2,1-3H3,(H,20,21)/t12-/m1/s1. The summed E-state index contributed by atoms with van der Waals surface area (Å²) in [4.78, 5) is 27.6. The number of methoxy groups -OCH3 is 1. The first-order valence-electron chi connectivity index (χ1n) is 6.83. The Balaban J connectivity index is 2.89. The summed E-state index contributed by atoms with van der Waals surface area (Å²) in [5, 5.41) is 18.9. The molecule has 0 bridgehead atoms. The van der Waals surface area contributed by atoms with E-state index in [1.165, 1.54) is 19.5 Å². The molecule has 0 saturated carbocycles. The first-order chi connectivity index (χ1) is 10.4. The molecule has 7 heteroatoms. The maximum absolute atomic E-state index is 12.2. The minimum atomic E-state index is -1.32. The van der Waals surface area contributed by atoms with Crippen LogP contribution in [0.4, 0.5) is 0 Å². The van der Waals surface area contributed by atoms with E-state index in [4.69, 9.17) is 4.74 Å². The molecule has 0 spiro atoms. The molecule has 22 heavy (non-hydrogen) atoms. The third-order valence-electron chi connectivity index (χ3n) is 3.63. The van der Waals surface area contributed by atoms with Crippen molar-refractivity contribution < 1.29 is 19.7 Å². The first-order valence-corrected chi connectivity index (χ1v) is 6.83. The quantitative estimate of drug-likeness (QED) is 0.863. The lowest BCUT2D eigenvalue weighted by Gasteiger charge is -2.24. The topological polar surface area (TPSA) is 102 Å². The van der Waals surface area contributed by atoms with E-state index in [1.54, 1.807) is 10.6 Å². The summed E-state index contributed by atoms with van der Waals surface area (Å²) in [7, 11) is 1.48. The number of aliphatic hydroxyl groups is 1. The number of aliphatic hydroxyl groups excluding tert-OH is 1. The van der Waals surface area contributed by atoms with E-state index in [0.29, 0.717) is 11.3 Å². The molecule has 0 amide bonds. The largest absolute Gasteiger partial charge is 0.495 e. The van der Waals surface area contributed by atoms with Crippen LogP contribution in [-0.4, -0.2) is 39.5 Å². The normalized spacial score (nSPS) is 12.6. The second kappa shape index (κ2) is 6.15. The SMILES string of the molecule is COc1cnc2c(=O)c(C(=O)O)cn([C@H](CO)C(C)C)c2c1. The zero-order chi connectivity index (χ0) is 16.4. The summed E-state index contributed by atoms with van der Waals surface area (Å²) < 4.78 is 6.70. The van der Waals surface area contributed by atoms with Gasteiger partial charge in [-0.3, -0.25) is 4.79 Å². The predicted molar refractivity (Wildman–Crippen MR) is 80.5 cm³/mol. The van der Waals surface area contributed by atoms with Crippen LogP contribution in [0.3, 0.4) is 0 Å². The van der Waals surface area contributed by atoms with Gasteiger partial charge >= 0.3 is 5.97 Å². The van der Waals surface area contributed by atoms with Crippen LogP contribution in [0, 0.1) is 5.92 Å². The van der Waals surface area contributed by atoms with Crippen molar-refractivity contribution in [3.63, 3.8) is 0 Å². The summed E-state index contributed by atoms with van der Waals surface area (Å²) >= 11 is 0. The van der Waals surface area contributed by atoms with E-state index in [-0.39, 0.29) is 29.6 Å². The molecule has 0 unspecified atom stereocenters. The van der Waals surface area contributed by atoms with Gasteiger partial charge in [0.2, 0.25) is 5.43 Å². The molecule has 2 aromatic rings. The molecule has 2 heterocycles. The van der Waals surface area contributed by atoms with Crippen LogP contribution in [0.15, 0.2) is 23.3 Å². The van der Waals surface area contributed by atoms with Gasteiger partial charge in [-0.1, -0.05) is 13.8 Å². The fraction of sp³-hybridized carbons (Fsp3) is 0.400. The summed E-state index contributed by atoms with van der Waals surface area (Å²) in [6, 6.07) is 1.23. The Labute approximate surface area is 126 Å². The van der Waals surface area contributed by atoms with Gasteiger partial charge in [-0.05, 0) is 5.92 Å². The van der Waals surface area contributed by atoms with Gasteiger partial charge in [-0.15, -0.1) is 0 Å². The number of nitrogens with zero attached hydrogens (tertiary/aromatic N) is 2. The fourth-order valence-corrected chi connectivity index (χ4v) is 2.36. The summed E-state index contributed by atoms with van der Waals surface area (Å²) in [6.45, 7) is 3.61. The van der Waals surface area contributed by atoms with E-state index in [1.807, 2.05) is 13.8 Å². The highest BCUT2D eigenvalue weighted by molar-refractivity contribution is 5.91. The molecule has 0 saturated heterocycles. The van der Waals surface area contributed by atoms with E-state index in [2.05, 4.69) is 4.98 Å². The Kier molecular flexibility index (Phi) is 4.46. The van der Waals surface area contributed by atoms with Crippen LogP contribution in [0.25, 0.3) is 11.0 Å². The Bertz CT molecular complexity index is 766. The van der Waals surface area contributed by atoms with E-state index in [0.717, 1.165) is 0 Å². The van der Waals surface area contributed by atoms with Crippen LogP contribution < -0.4 is 10.2 Å². The van der Waals surface area contributed by atoms with Gasteiger partial charge in [0.15, 0.2) is 0 Å². The number of hydrogen-bond acceptors (Lipinski definition) is 5.